The summed E-state index contributed by atoms with van der Waals surface area (Å²) in [4.78, 5) is 11.2. The number of amides is 1. The Morgan fingerprint density at radius 1 is 1.35 bits per heavy atom. The number of rotatable bonds is 3. The predicted octanol–water partition coefficient (Wildman–Crippen LogP) is 2.25. The lowest BCUT2D eigenvalue weighted by molar-refractivity contribution is -0.160. The minimum Gasteiger partial charge on any atom is -0.383 e. The van der Waals surface area contributed by atoms with Crippen molar-refractivity contribution in [3.05, 3.63) is 29.8 Å². The van der Waals surface area contributed by atoms with Crippen molar-refractivity contribution in [1.82, 2.24) is 0 Å². The Hall–Kier alpha value is -1.56. The zero-order chi connectivity index (χ0) is 13.1. The Kier molecular flexibility index (Phi) is 4.11. The lowest BCUT2D eigenvalue weighted by atomic mass is 10.2. The molecule has 17 heavy (non-hydrogen) atoms. The van der Waals surface area contributed by atoms with Crippen LogP contribution < -0.4 is 5.32 Å². The molecular formula is C11H12F3NO2. The summed E-state index contributed by atoms with van der Waals surface area (Å²) in [5.41, 5.74) is 1.31. The molecule has 0 fully saturated rings. The normalized spacial score (nSPS) is 13.2. The molecule has 0 aliphatic rings. The number of hydrogen-bond donors (Lipinski definition) is 2. The van der Waals surface area contributed by atoms with Crippen molar-refractivity contribution in [2.45, 2.75) is 25.6 Å². The van der Waals surface area contributed by atoms with E-state index in [1.165, 1.54) is 0 Å². The third-order valence-electron chi connectivity index (χ3n) is 2.05. The van der Waals surface area contributed by atoms with E-state index in [0.29, 0.717) is 5.69 Å². The number of carbonyl (C=O) groups is 1. The van der Waals surface area contributed by atoms with Crippen molar-refractivity contribution in [3.63, 3.8) is 0 Å². The average Bonchev–Trinajstić information content (AvgIpc) is 2.19. The predicted molar refractivity (Wildman–Crippen MR) is 56.5 cm³/mol. The molecule has 0 aliphatic carbocycles. The van der Waals surface area contributed by atoms with Gasteiger partial charge in [0, 0.05) is 5.69 Å². The minimum absolute atomic E-state index is 0.349. The van der Waals surface area contributed by atoms with E-state index in [9.17, 15) is 18.0 Å². The van der Waals surface area contributed by atoms with Gasteiger partial charge in [0.05, 0.1) is 6.42 Å². The van der Waals surface area contributed by atoms with Crippen LogP contribution in [0.2, 0.25) is 0 Å². The van der Waals surface area contributed by atoms with Gasteiger partial charge in [0.25, 0.3) is 5.91 Å². The lowest BCUT2D eigenvalue weighted by Gasteiger charge is -2.13. The van der Waals surface area contributed by atoms with E-state index in [4.69, 9.17) is 5.11 Å². The molecule has 0 bridgehead atoms. The number of nitrogens with one attached hydrogen (secondary N) is 1. The first-order valence-corrected chi connectivity index (χ1v) is 4.90. The fourth-order valence-electron chi connectivity index (χ4n) is 1.17. The number of halogens is 3. The summed E-state index contributed by atoms with van der Waals surface area (Å²) < 4.78 is 35.8. The molecule has 3 nitrogen and oxygen atoms in total. The summed E-state index contributed by atoms with van der Waals surface area (Å²) in [7, 11) is 0. The number of carbonyl (C=O) groups excluding carboxylic acids is 1. The quantitative estimate of drug-likeness (QED) is 0.860. The summed E-state index contributed by atoms with van der Waals surface area (Å²) >= 11 is 0. The first-order chi connectivity index (χ1) is 7.78. The maximum absolute atomic E-state index is 11.9. The van der Waals surface area contributed by atoms with Crippen LogP contribution >= 0.6 is 0 Å². The second kappa shape index (κ2) is 5.18. The van der Waals surface area contributed by atoms with E-state index >= 15 is 0 Å². The molecule has 0 radical (unpaired) electrons. The van der Waals surface area contributed by atoms with E-state index in [-0.39, 0.29) is 0 Å². The smallest absolute Gasteiger partial charge is 0.383 e. The Morgan fingerprint density at radius 2 is 1.88 bits per heavy atom. The number of aryl methyl sites for hydroxylation is 1. The second-order valence-corrected chi connectivity index (χ2v) is 3.69. The molecule has 1 aromatic carbocycles. The number of benzene rings is 1. The molecule has 0 saturated heterocycles. The monoisotopic (exact) mass is 247 g/mol. The maximum atomic E-state index is 11.9. The largest absolute Gasteiger partial charge is 0.392 e. The van der Waals surface area contributed by atoms with Crippen molar-refractivity contribution >= 4 is 11.6 Å². The Labute approximate surface area is 96.3 Å². The highest BCUT2D eigenvalue weighted by Crippen LogP contribution is 2.22. The van der Waals surface area contributed by atoms with Crippen LogP contribution in [0.15, 0.2) is 24.3 Å². The molecule has 1 atom stereocenters. The van der Waals surface area contributed by atoms with Gasteiger partial charge in [-0.1, -0.05) is 17.7 Å². The first-order valence-electron chi connectivity index (χ1n) is 4.90. The molecule has 1 amide bonds. The Bertz CT molecular complexity index is 387. The molecule has 0 aliphatic heterocycles. The van der Waals surface area contributed by atoms with Crippen LogP contribution in [-0.2, 0) is 4.79 Å². The van der Waals surface area contributed by atoms with Crippen LogP contribution in [0.25, 0.3) is 0 Å². The molecular weight excluding hydrogens is 235 g/mol. The van der Waals surface area contributed by atoms with Gasteiger partial charge in [0.15, 0.2) is 0 Å². The van der Waals surface area contributed by atoms with Crippen LogP contribution in [-0.4, -0.2) is 23.3 Å². The summed E-state index contributed by atoms with van der Waals surface area (Å²) in [6, 6.07) is 6.50. The van der Waals surface area contributed by atoms with Crippen LogP contribution in [0, 0.1) is 6.92 Å². The summed E-state index contributed by atoms with van der Waals surface area (Å²) in [5, 5.41) is 11.2. The third-order valence-corrected chi connectivity index (χ3v) is 2.05. The zero-order valence-electron chi connectivity index (χ0n) is 9.08. The van der Waals surface area contributed by atoms with E-state index in [0.717, 1.165) is 5.56 Å². The van der Waals surface area contributed by atoms with Crippen LogP contribution in [0.3, 0.4) is 0 Å². The number of anilines is 1. The molecule has 0 aromatic heterocycles. The van der Waals surface area contributed by atoms with Gasteiger partial charge in [-0.3, -0.25) is 4.79 Å². The molecule has 1 rings (SSSR count). The van der Waals surface area contributed by atoms with Gasteiger partial charge < -0.3 is 10.4 Å². The van der Waals surface area contributed by atoms with Gasteiger partial charge >= 0.3 is 6.18 Å². The number of hydrogen-bond acceptors (Lipinski definition) is 2. The molecule has 0 spiro atoms. The van der Waals surface area contributed by atoms with Gasteiger partial charge in [-0.2, -0.15) is 13.2 Å². The highest BCUT2D eigenvalue weighted by atomic mass is 19.4. The molecule has 2 N–H and O–H groups in total. The fourth-order valence-corrected chi connectivity index (χ4v) is 1.17. The number of alkyl halides is 3. The fraction of sp³-hybridized carbons (Fsp3) is 0.364. The first kappa shape index (κ1) is 13.5. The van der Waals surface area contributed by atoms with Crippen LogP contribution in [0.1, 0.15) is 12.0 Å². The molecule has 94 valence electrons. The van der Waals surface area contributed by atoms with Crippen molar-refractivity contribution in [1.29, 1.82) is 0 Å². The van der Waals surface area contributed by atoms with Gasteiger partial charge in [0.2, 0.25) is 0 Å². The van der Waals surface area contributed by atoms with Gasteiger partial charge in [-0.25, -0.2) is 0 Å². The van der Waals surface area contributed by atoms with Crippen molar-refractivity contribution in [2.75, 3.05) is 5.32 Å². The number of aliphatic hydroxyl groups is 1. The molecule has 1 aromatic rings. The molecule has 0 heterocycles. The SMILES string of the molecule is Cc1ccc(NC(=O)C(O)CC(F)(F)F)cc1. The lowest BCUT2D eigenvalue weighted by Crippen LogP contribution is -2.32. The number of aliphatic hydroxyl groups excluding tert-OH is 1. The highest BCUT2D eigenvalue weighted by molar-refractivity contribution is 5.93. The topological polar surface area (TPSA) is 49.3 Å². The van der Waals surface area contributed by atoms with Crippen LogP contribution in [0.5, 0.6) is 0 Å². The van der Waals surface area contributed by atoms with E-state index in [1.54, 1.807) is 24.3 Å². The Morgan fingerprint density at radius 3 is 2.35 bits per heavy atom. The molecule has 1 unspecified atom stereocenters. The van der Waals surface area contributed by atoms with E-state index in [2.05, 4.69) is 5.32 Å². The standard InChI is InChI=1S/C11H12F3NO2/c1-7-2-4-8(5-3-7)15-10(17)9(16)6-11(12,13)14/h2-5,9,16H,6H2,1H3,(H,15,17). The van der Waals surface area contributed by atoms with Crippen LogP contribution in [0.4, 0.5) is 18.9 Å². The van der Waals surface area contributed by atoms with E-state index in [1.807, 2.05) is 6.92 Å². The third kappa shape index (κ3) is 4.86. The average molecular weight is 247 g/mol. The molecule has 6 heteroatoms. The van der Waals surface area contributed by atoms with Crippen molar-refractivity contribution in [3.8, 4) is 0 Å². The van der Waals surface area contributed by atoms with Crippen molar-refractivity contribution < 1.29 is 23.1 Å². The van der Waals surface area contributed by atoms with Gasteiger partial charge in [-0.05, 0) is 19.1 Å². The molecule has 0 saturated carbocycles. The second-order valence-electron chi connectivity index (χ2n) is 3.69. The highest BCUT2D eigenvalue weighted by Gasteiger charge is 2.34. The summed E-state index contributed by atoms with van der Waals surface area (Å²) in [6.07, 6.45) is -8.20. The van der Waals surface area contributed by atoms with E-state index < -0.39 is 24.6 Å². The van der Waals surface area contributed by atoms with Gasteiger partial charge in [-0.15, -0.1) is 0 Å². The zero-order valence-corrected chi connectivity index (χ0v) is 9.08. The summed E-state index contributed by atoms with van der Waals surface area (Å²) in [5.74, 6) is -1.06. The van der Waals surface area contributed by atoms with Crippen molar-refractivity contribution in [2.24, 2.45) is 0 Å². The minimum atomic E-state index is -4.57. The van der Waals surface area contributed by atoms with Gasteiger partial charge in [0.1, 0.15) is 6.10 Å². The summed E-state index contributed by atoms with van der Waals surface area (Å²) in [6.45, 7) is 1.84. The Balaban J connectivity index is 2.57. The maximum Gasteiger partial charge on any atom is 0.392 e.